The highest BCUT2D eigenvalue weighted by atomic mass is 19.4. The number of alkyl halides is 3. The highest BCUT2D eigenvalue weighted by molar-refractivity contribution is 5.54. The average Bonchev–Trinajstić information content (AvgIpc) is 3.09. The smallest absolute Gasteiger partial charge is 0.338 e. The van der Waals surface area contributed by atoms with Crippen LogP contribution in [0.2, 0.25) is 0 Å². The van der Waals surface area contributed by atoms with Crippen LogP contribution in [-0.2, 0) is 5.41 Å². The first kappa shape index (κ1) is 14.9. The lowest BCUT2D eigenvalue weighted by Crippen LogP contribution is -2.44. The average molecular weight is 319 g/mol. The maximum Gasteiger partial charge on any atom is 0.404 e. The molecule has 1 unspecified atom stereocenters. The van der Waals surface area contributed by atoms with E-state index in [9.17, 15) is 22.0 Å². The highest BCUT2D eigenvalue weighted by Gasteiger charge is 2.61. The Labute approximate surface area is 121 Å². The van der Waals surface area contributed by atoms with E-state index in [2.05, 4.69) is 15.5 Å². The van der Waals surface area contributed by atoms with E-state index in [1.165, 1.54) is 6.07 Å². The molecule has 1 fully saturated rings. The summed E-state index contributed by atoms with van der Waals surface area (Å²) in [6, 6.07) is 2.81. The number of rotatable bonds is 2. The third kappa shape index (κ3) is 2.25. The van der Waals surface area contributed by atoms with E-state index in [-0.39, 0.29) is 30.9 Å². The molecule has 0 amide bonds. The standard InChI is InChI=1S/C13H10F5N3O/c14-8-2-1-7(5-9(8)15)10-20-11(22-21-10)12(13(16,17)18)3-4-19-6-12/h1-2,5,19H,3-4,6H2. The molecule has 1 aliphatic heterocycles. The number of nitrogens with zero attached hydrogens (tertiary/aromatic N) is 2. The summed E-state index contributed by atoms with van der Waals surface area (Å²) >= 11 is 0. The van der Waals surface area contributed by atoms with Gasteiger partial charge in [0.15, 0.2) is 17.0 Å². The summed E-state index contributed by atoms with van der Waals surface area (Å²) in [5.74, 6) is -3.01. The fraction of sp³-hybridized carbons (Fsp3) is 0.385. The van der Waals surface area contributed by atoms with E-state index in [0.29, 0.717) is 0 Å². The molecule has 2 heterocycles. The first-order valence-corrected chi connectivity index (χ1v) is 6.40. The Hall–Kier alpha value is -2.03. The third-order valence-electron chi connectivity index (χ3n) is 3.71. The number of halogens is 5. The van der Waals surface area contributed by atoms with Gasteiger partial charge >= 0.3 is 6.18 Å². The maximum absolute atomic E-state index is 13.4. The molecule has 3 rings (SSSR count). The lowest BCUT2D eigenvalue weighted by Gasteiger charge is -2.26. The molecule has 0 bridgehead atoms. The van der Waals surface area contributed by atoms with Crippen molar-refractivity contribution in [2.75, 3.05) is 13.1 Å². The van der Waals surface area contributed by atoms with Crippen LogP contribution in [-0.4, -0.2) is 29.4 Å². The van der Waals surface area contributed by atoms with Gasteiger partial charge in [0, 0.05) is 12.1 Å². The van der Waals surface area contributed by atoms with E-state index in [1.54, 1.807) is 0 Å². The largest absolute Gasteiger partial charge is 0.404 e. The van der Waals surface area contributed by atoms with Crippen LogP contribution in [0.5, 0.6) is 0 Å². The molecule has 0 radical (unpaired) electrons. The van der Waals surface area contributed by atoms with Crippen LogP contribution in [0.25, 0.3) is 11.4 Å². The highest BCUT2D eigenvalue weighted by Crippen LogP contribution is 2.45. The summed E-state index contributed by atoms with van der Waals surface area (Å²) in [5.41, 5.74) is -2.21. The molecule has 0 aliphatic carbocycles. The molecular weight excluding hydrogens is 309 g/mol. The van der Waals surface area contributed by atoms with Crippen LogP contribution >= 0.6 is 0 Å². The zero-order valence-corrected chi connectivity index (χ0v) is 11.0. The van der Waals surface area contributed by atoms with Crippen molar-refractivity contribution in [1.82, 2.24) is 15.5 Å². The van der Waals surface area contributed by atoms with Gasteiger partial charge in [0.1, 0.15) is 0 Å². The molecule has 4 nitrogen and oxygen atoms in total. The minimum atomic E-state index is -4.56. The van der Waals surface area contributed by atoms with Gasteiger partial charge in [0.2, 0.25) is 11.7 Å². The van der Waals surface area contributed by atoms with Crippen molar-refractivity contribution >= 4 is 0 Å². The lowest BCUT2D eigenvalue weighted by atomic mass is 9.86. The number of nitrogens with one attached hydrogen (secondary N) is 1. The van der Waals surface area contributed by atoms with Gasteiger partial charge in [-0.25, -0.2) is 8.78 Å². The van der Waals surface area contributed by atoms with Crippen LogP contribution in [0.4, 0.5) is 22.0 Å². The second kappa shape index (κ2) is 5.01. The van der Waals surface area contributed by atoms with Gasteiger partial charge < -0.3 is 9.84 Å². The van der Waals surface area contributed by atoms with Crippen molar-refractivity contribution in [1.29, 1.82) is 0 Å². The van der Waals surface area contributed by atoms with Gasteiger partial charge in [-0.3, -0.25) is 0 Å². The normalized spacial score (nSPS) is 22.2. The van der Waals surface area contributed by atoms with Crippen molar-refractivity contribution in [2.45, 2.75) is 18.0 Å². The molecular formula is C13H10F5N3O. The lowest BCUT2D eigenvalue weighted by molar-refractivity contribution is -0.191. The second-order valence-corrected chi connectivity index (χ2v) is 5.06. The van der Waals surface area contributed by atoms with Gasteiger partial charge in [-0.2, -0.15) is 18.2 Å². The number of benzene rings is 1. The Balaban J connectivity index is 2.01. The van der Waals surface area contributed by atoms with Crippen LogP contribution in [0.1, 0.15) is 12.3 Å². The van der Waals surface area contributed by atoms with E-state index in [0.717, 1.165) is 12.1 Å². The fourth-order valence-corrected chi connectivity index (χ4v) is 2.41. The molecule has 1 saturated heterocycles. The molecule has 118 valence electrons. The first-order chi connectivity index (χ1) is 10.3. The molecule has 1 aromatic heterocycles. The number of aromatic nitrogens is 2. The van der Waals surface area contributed by atoms with Crippen molar-refractivity contribution in [2.24, 2.45) is 0 Å². The van der Waals surface area contributed by atoms with Gasteiger partial charge in [-0.1, -0.05) is 5.16 Å². The quantitative estimate of drug-likeness (QED) is 0.865. The van der Waals surface area contributed by atoms with E-state index < -0.39 is 29.1 Å². The van der Waals surface area contributed by atoms with Crippen molar-refractivity contribution in [3.8, 4) is 11.4 Å². The van der Waals surface area contributed by atoms with Crippen LogP contribution in [0.3, 0.4) is 0 Å². The molecule has 0 spiro atoms. The summed E-state index contributed by atoms with van der Waals surface area (Å²) < 4.78 is 70.9. The Morgan fingerprint density at radius 1 is 1.18 bits per heavy atom. The summed E-state index contributed by atoms with van der Waals surface area (Å²) in [6.45, 7) is -0.196. The van der Waals surface area contributed by atoms with Crippen LogP contribution in [0.15, 0.2) is 22.7 Å². The minimum Gasteiger partial charge on any atom is -0.338 e. The second-order valence-electron chi connectivity index (χ2n) is 5.06. The minimum absolute atomic E-state index is 0.0391. The van der Waals surface area contributed by atoms with Crippen LogP contribution in [0, 0.1) is 11.6 Å². The zero-order valence-electron chi connectivity index (χ0n) is 11.0. The fourth-order valence-electron chi connectivity index (χ4n) is 2.41. The van der Waals surface area contributed by atoms with Crippen molar-refractivity contribution in [3.63, 3.8) is 0 Å². The molecule has 1 aliphatic rings. The number of hydrogen-bond donors (Lipinski definition) is 1. The molecule has 1 N–H and O–H groups in total. The van der Waals surface area contributed by atoms with Gasteiger partial charge in [0.05, 0.1) is 0 Å². The molecule has 1 atom stereocenters. The van der Waals surface area contributed by atoms with E-state index >= 15 is 0 Å². The van der Waals surface area contributed by atoms with Crippen molar-refractivity contribution in [3.05, 3.63) is 35.7 Å². The SMILES string of the molecule is Fc1ccc(-c2noc(C3(C(F)(F)F)CCNC3)n2)cc1F. The molecule has 2 aromatic rings. The first-order valence-electron chi connectivity index (χ1n) is 6.40. The summed E-state index contributed by atoms with van der Waals surface area (Å²) in [5, 5.41) is 6.08. The molecule has 1 aromatic carbocycles. The number of hydrogen-bond acceptors (Lipinski definition) is 4. The Morgan fingerprint density at radius 3 is 2.55 bits per heavy atom. The predicted molar refractivity (Wildman–Crippen MR) is 64.9 cm³/mol. The Kier molecular flexibility index (Phi) is 3.39. The molecule has 22 heavy (non-hydrogen) atoms. The third-order valence-corrected chi connectivity index (χ3v) is 3.71. The molecule has 9 heteroatoms. The van der Waals surface area contributed by atoms with Gasteiger partial charge in [-0.15, -0.1) is 0 Å². The topological polar surface area (TPSA) is 51.0 Å². The van der Waals surface area contributed by atoms with Crippen LogP contribution < -0.4 is 5.32 Å². The van der Waals surface area contributed by atoms with Gasteiger partial charge in [-0.05, 0) is 31.2 Å². The predicted octanol–water partition coefficient (Wildman–Crippen LogP) is 2.81. The maximum atomic E-state index is 13.4. The summed E-state index contributed by atoms with van der Waals surface area (Å²) in [6.07, 6.45) is -4.79. The van der Waals surface area contributed by atoms with Crippen molar-refractivity contribution < 1.29 is 26.5 Å². The Bertz CT molecular complexity index is 691. The van der Waals surface area contributed by atoms with Gasteiger partial charge in [0.25, 0.3) is 0 Å². The van der Waals surface area contributed by atoms with E-state index in [4.69, 9.17) is 4.52 Å². The Morgan fingerprint density at radius 2 is 1.95 bits per heavy atom. The zero-order chi connectivity index (χ0) is 16.0. The summed E-state index contributed by atoms with van der Waals surface area (Å²) in [7, 11) is 0. The molecule has 0 saturated carbocycles. The summed E-state index contributed by atoms with van der Waals surface area (Å²) in [4.78, 5) is 3.75. The monoisotopic (exact) mass is 319 g/mol. The van der Waals surface area contributed by atoms with E-state index in [1.807, 2.05) is 0 Å².